The second-order valence-corrected chi connectivity index (χ2v) is 9.36. The highest BCUT2D eigenvalue weighted by atomic mass is 35.5. The molecule has 0 aliphatic heterocycles. The molecule has 0 aliphatic carbocycles. The van der Waals surface area contributed by atoms with Gasteiger partial charge in [0.1, 0.15) is 0 Å². The van der Waals surface area contributed by atoms with Crippen LogP contribution in [-0.4, -0.2) is 51.9 Å². The molecule has 0 fully saturated rings. The molecule has 0 radical (unpaired) electrons. The molecule has 0 spiro atoms. The third kappa shape index (κ3) is 5.95. The van der Waals surface area contributed by atoms with E-state index in [-0.39, 0.29) is 10.8 Å². The van der Waals surface area contributed by atoms with Crippen LogP contribution < -0.4 is 9.62 Å². The summed E-state index contributed by atoms with van der Waals surface area (Å²) in [7, 11) is -2.37. The molecule has 0 saturated carbocycles. The number of amides is 1. The number of likely N-dealkylation sites (N-methyl/N-ethyl adjacent to an activating group) is 1. The number of halogens is 1. The topological polar surface area (TPSA) is 69.7 Å². The molecule has 0 aromatic heterocycles. The van der Waals surface area contributed by atoms with E-state index in [0.29, 0.717) is 28.9 Å². The Hall–Kier alpha value is -2.09. The molecule has 2 aromatic rings. The fourth-order valence-corrected chi connectivity index (χ4v) is 4.38. The van der Waals surface area contributed by atoms with Crippen molar-refractivity contribution in [2.24, 2.45) is 0 Å². The molecule has 2 rings (SSSR count). The maximum Gasteiger partial charge on any atom is 0.264 e. The number of rotatable bonds is 9. The molecular formula is C21H28ClN3O3S. The van der Waals surface area contributed by atoms with Gasteiger partial charge in [0.25, 0.3) is 15.9 Å². The first-order valence-electron chi connectivity index (χ1n) is 9.53. The average molecular weight is 438 g/mol. The van der Waals surface area contributed by atoms with Gasteiger partial charge in [-0.3, -0.25) is 14.0 Å². The molecule has 0 atom stereocenters. The fraction of sp³-hybridized carbons (Fsp3) is 0.381. The lowest BCUT2D eigenvalue weighted by atomic mass is 10.2. The standard InChI is InChI=1S/C21H28ClN3O3S/c1-5-25(16(2)3)13-12-23-21(26)17-8-6-11-20(14-17)29(27,28)24(4)19-10-7-9-18(22)15-19/h6-11,14-16H,5,12-13H2,1-4H3,(H,23,26). The SMILES string of the molecule is CCN(CCNC(=O)c1cccc(S(=O)(=O)N(C)c2cccc(Cl)c2)c1)C(C)C. The Morgan fingerprint density at radius 1 is 1.14 bits per heavy atom. The molecule has 6 nitrogen and oxygen atoms in total. The van der Waals surface area contributed by atoms with Gasteiger partial charge in [0.05, 0.1) is 10.6 Å². The van der Waals surface area contributed by atoms with Crippen molar-refractivity contribution in [2.75, 3.05) is 31.0 Å². The smallest absolute Gasteiger partial charge is 0.264 e. The largest absolute Gasteiger partial charge is 0.351 e. The highest BCUT2D eigenvalue weighted by molar-refractivity contribution is 7.92. The molecule has 2 aromatic carbocycles. The number of sulfonamides is 1. The van der Waals surface area contributed by atoms with E-state index < -0.39 is 10.0 Å². The third-order valence-electron chi connectivity index (χ3n) is 4.75. The number of nitrogens with zero attached hydrogens (tertiary/aromatic N) is 2. The lowest BCUT2D eigenvalue weighted by Crippen LogP contribution is -2.38. The van der Waals surface area contributed by atoms with Crippen molar-refractivity contribution in [3.8, 4) is 0 Å². The minimum atomic E-state index is -3.83. The van der Waals surface area contributed by atoms with Crippen LogP contribution in [0.2, 0.25) is 5.02 Å². The Morgan fingerprint density at radius 3 is 2.45 bits per heavy atom. The van der Waals surface area contributed by atoms with Gasteiger partial charge in [0.2, 0.25) is 0 Å². The number of hydrogen-bond donors (Lipinski definition) is 1. The van der Waals surface area contributed by atoms with Crippen molar-refractivity contribution in [3.05, 3.63) is 59.1 Å². The van der Waals surface area contributed by atoms with E-state index >= 15 is 0 Å². The van der Waals surface area contributed by atoms with E-state index in [4.69, 9.17) is 11.6 Å². The van der Waals surface area contributed by atoms with Crippen molar-refractivity contribution >= 4 is 33.2 Å². The molecule has 158 valence electrons. The van der Waals surface area contributed by atoms with Gasteiger partial charge < -0.3 is 5.32 Å². The minimum Gasteiger partial charge on any atom is -0.351 e. The second-order valence-electron chi connectivity index (χ2n) is 6.96. The van der Waals surface area contributed by atoms with E-state index in [0.717, 1.165) is 17.4 Å². The van der Waals surface area contributed by atoms with Crippen molar-refractivity contribution in [3.63, 3.8) is 0 Å². The first-order valence-corrected chi connectivity index (χ1v) is 11.4. The Labute approximate surface area is 178 Å². The number of carbonyl (C=O) groups is 1. The maximum absolute atomic E-state index is 13.0. The van der Waals surface area contributed by atoms with Crippen molar-refractivity contribution < 1.29 is 13.2 Å². The van der Waals surface area contributed by atoms with Crippen molar-refractivity contribution in [1.82, 2.24) is 10.2 Å². The average Bonchev–Trinajstić information content (AvgIpc) is 2.70. The molecule has 8 heteroatoms. The number of hydrogen-bond acceptors (Lipinski definition) is 4. The van der Waals surface area contributed by atoms with Gasteiger partial charge in [0, 0.05) is 36.8 Å². The summed E-state index contributed by atoms with van der Waals surface area (Å²) in [6.45, 7) is 8.41. The number of benzene rings is 2. The van der Waals surface area contributed by atoms with Crippen LogP contribution in [0.4, 0.5) is 5.69 Å². The molecule has 0 heterocycles. The van der Waals surface area contributed by atoms with E-state index in [1.165, 1.54) is 19.2 Å². The predicted octanol–water partition coefficient (Wildman–Crippen LogP) is 3.63. The van der Waals surface area contributed by atoms with Crippen LogP contribution in [0.15, 0.2) is 53.4 Å². The quantitative estimate of drug-likeness (QED) is 0.650. The molecule has 1 N–H and O–H groups in total. The fourth-order valence-electron chi connectivity index (χ4n) is 2.96. The van der Waals surface area contributed by atoms with Crippen LogP contribution in [0, 0.1) is 0 Å². The third-order valence-corrected chi connectivity index (χ3v) is 6.76. The van der Waals surface area contributed by atoms with Gasteiger partial charge in [-0.2, -0.15) is 0 Å². The van der Waals surface area contributed by atoms with Crippen molar-refractivity contribution in [2.45, 2.75) is 31.7 Å². The normalized spacial score (nSPS) is 11.7. The summed E-state index contributed by atoms with van der Waals surface area (Å²) in [5.41, 5.74) is 0.749. The van der Waals surface area contributed by atoms with Crippen LogP contribution in [0.3, 0.4) is 0 Å². The van der Waals surface area contributed by atoms with Crippen LogP contribution in [0.5, 0.6) is 0 Å². The van der Waals surface area contributed by atoms with E-state index in [2.05, 4.69) is 31.0 Å². The highest BCUT2D eigenvalue weighted by Crippen LogP contribution is 2.25. The summed E-state index contributed by atoms with van der Waals surface area (Å²) in [5, 5.41) is 3.30. The monoisotopic (exact) mass is 437 g/mol. The van der Waals surface area contributed by atoms with E-state index in [9.17, 15) is 13.2 Å². The lowest BCUT2D eigenvalue weighted by Gasteiger charge is -2.24. The maximum atomic E-state index is 13.0. The molecule has 0 saturated heterocycles. The van der Waals surface area contributed by atoms with Crippen LogP contribution in [0.1, 0.15) is 31.1 Å². The van der Waals surface area contributed by atoms with Crippen LogP contribution in [-0.2, 0) is 10.0 Å². The molecule has 0 bridgehead atoms. The zero-order valence-corrected chi connectivity index (χ0v) is 18.8. The zero-order chi connectivity index (χ0) is 21.6. The number of nitrogens with one attached hydrogen (secondary N) is 1. The van der Waals surface area contributed by atoms with Gasteiger partial charge in [-0.1, -0.05) is 30.7 Å². The second kappa shape index (κ2) is 10.1. The summed E-state index contributed by atoms with van der Waals surface area (Å²) < 4.78 is 27.1. The van der Waals surface area contributed by atoms with E-state index in [1.807, 2.05) is 0 Å². The van der Waals surface area contributed by atoms with Crippen LogP contribution in [0.25, 0.3) is 0 Å². The molecule has 0 aliphatic rings. The Balaban J connectivity index is 2.14. The zero-order valence-electron chi connectivity index (χ0n) is 17.2. The first-order chi connectivity index (χ1) is 13.7. The van der Waals surface area contributed by atoms with Gasteiger partial charge in [-0.05, 0) is 56.8 Å². The lowest BCUT2D eigenvalue weighted by molar-refractivity contribution is 0.0945. The van der Waals surface area contributed by atoms with Gasteiger partial charge >= 0.3 is 0 Å². The summed E-state index contributed by atoms with van der Waals surface area (Å²) in [4.78, 5) is 14.8. The van der Waals surface area contributed by atoms with Gasteiger partial charge in [-0.25, -0.2) is 8.42 Å². The minimum absolute atomic E-state index is 0.0463. The molecular weight excluding hydrogens is 410 g/mol. The van der Waals surface area contributed by atoms with Gasteiger partial charge in [-0.15, -0.1) is 0 Å². The number of carbonyl (C=O) groups excluding carboxylic acids is 1. The Kier molecular flexibility index (Phi) is 8.07. The summed E-state index contributed by atoms with van der Waals surface area (Å²) in [6, 6.07) is 13.0. The molecule has 29 heavy (non-hydrogen) atoms. The molecule has 0 unspecified atom stereocenters. The summed E-state index contributed by atoms with van der Waals surface area (Å²) in [5.74, 6) is -0.299. The highest BCUT2D eigenvalue weighted by Gasteiger charge is 2.22. The summed E-state index contributed by atoms with van der Waals surface area (Å²) >= 11 is 5.97. The van der Waals surface area contributed by atoms with Gasteiger partial charge in [0.15, 0.2) is 0 Å². The van der Waals surface area contributed by atoms with E-state index in [1.54, 1.807) is 36.4 Å². The predicted molar refractivity (Wildman–Crippen MR) is 118 cm³/mol. The van der Waals surface area contributed by atoms with Crippen LogP contribution >= 0.6 is 11.6 Å². The number of anilines is 1. The van der Waals surface area contributed by atoms with Crippen molar-refractivity contribution in [1.29, 1.82) is 0 Å². The summed E-state index contributed by atoms with van der Waals surface area (Å²) in [6.07, 6.45) is 0. The Morgan fingerprint density at radius 2 is 1.83 bits per heavy atom. The molecule has 1 amide bonds. The first kappa shape index (κ1) is 23.2. The Bertz CT molecular complexity index is 948.